The fourth-order valence-corrected chi connectivity index (χ4v) is 1.01. The van der Waals surface area contributed by atoms with E-state index < -0.39 is 0 Å². The van der Waals surface area contributed by atoms with Crippen LogP contribution >= 0.6 is 11.6 Å². The van der Waals surface area contributed by atoms with Crippen LogP contribution in [0, 0.1) is 0 Å². The van der Waals surface area contributed by atoms with Crippen LogP contribution < -0.4 is 10.5 Å². The van der Waals surface area contributed by atoms with E-state index in [1.807, 2.05) is 6.92 Å². The highest BCUT2D eigenvalue weighted by molar-refractivity contribution is 6.34. The summed E-state index contributed by atoms with van der Waals surface area (Å²) in [5.41, 5.74) is 5.43. The van der Waals surface area contributed by atoms with Gasteiger partial charge in [-0.1, -0.05) is 11.6 Å². The molecule has 0 aliphatic heterocycles. The van der Waals surface area contributed by atoms with Gasteiger partial charge in [-0.3, -0.25) is 0 Å². The van der Waals surface area contributed by atoms with E-state index in [1.54, 1.807) is 7.05 Å². The van der Waals surface area contributed by atoms with E-state index in [1.165, 1.54) is 4.68 Å². The Kier molecular flexibility index (Phi) is 2.24. The monoisotopic (exact) mass is 175 g/mol. The second-order valence-electron chi connectivity index (χ2n) is 2.06. The van der Waals surface area contributed by atoms with Crippen LogP contribution in [0.2, 0.25) is 5.02 Å². The number of hydrogen-bond acceptors (Lipinski definition) is 3. The minimum atomic E-state index is 0.303. The second-order valence-corrected chi connectivity index (χ2v) is 2.44. The van der Waals surface area contributed by atoms with Crippen molar-refractivity contribution in [1.82, 2.24) is 9.78 Å². The van der Waals surface area contributed by atoms with Gasteiger partial charge in [-0.15, -0.1) is 0 Å². The summed E-state index contributed by atoms with van der Waals surface area (Å²) >= 11 is 5.76. The fraction of sp³-hybridized carbons (Fsp3) is 0.500. The molecule has 0 fully saturated rings. The van der Waals surface area contributed by atoms with Gasteiger partial charge in [0.25, 0.3) is 0 Å². The van der Waals surface area contributed by atoms with E-state index >= 15 is 0 Å². The van der Waals surface area contributed by atoms with Crippen LogP contribution in [0.1, 0.15) is 6.92 Å². The number of aryl methyl sites for hydroxylation is 1. The number of rotatable bonds is 2. The lowest BCUT2D eigenvalue weighted by molar-refractivity contribution is 0.309. The molecule has 0 aliphatic carbocycles. The highest BCUT2D eigenvalue weighted by Gasteiger charge is 2.11. The molecule has 4 nitrogen and oxygen atoms in total. The molecule has 0 saturated carbocycles. The number of ether oxygens (including phenoxy) is 1. The molecule has 5 heteroatoms. The third-order valence-corrected chi connectivity index (χ3v) is 1.60. The Bertz CT molecular complexity index is 259. The zero-order valence-corrected chi connectivity index (χ0v) is 7.22. The summed E-state index contributed by atoms with van der Waals surface area (Å²) in [7, 11) is 1.73. The Hall–Kier alpha value is -0.900. The van der Waals surface area contributed by atoms with Crippen LogP contribution in [0.25, 0.3) is 0 Å². The van der Waals surface area contributed by atoms with Crippen molar-refractivity contribution in [2.45, 2.75) is 6.92 Å². The van der Waals surface area contributed by atoms with Crippen LogP contribution in [0.3, 0.4) is 0 Å². The first-order valence-electron chi connectivity index (χ1n) is 3.27. The predicted octanol–water partition coefficient (Wildman–Crippen LogP) is 1.05. The minimum absolute atomic E-state index is 0.303. The largest absolute Gasteiger partial charge is 0.477 e. The second kappa shape index (κ2) is 3.00. The van der Waals surface area contributed by atoms with Crippen LogP contribution in [-0.4, -0.2) is 16.4 Å². The van der Waals surface area contributed by atoms with E-state index in [9.17, 15) is 0 Å². The van der Waals surface area contributed by atoms with Crippen molar-refractivity contribution in [1.29, 1.82) is 0 Å². The van der Waals surface area contributed by atoms with Crippen molar-refractivity contribution in [2.75, 3.05) is 12.3 Å². The zero-order chi connectivity index (χ0) is 8.43. The lowest BCUT2D eigenvalue weighted by Crippen LogP contribution is -1.99. The number of hydrogen-bond donors (Lipinski definition) is 1. The van der Waals surface area contributed by atoms with Gasteiger partial charge in [0.15, 0.2) is 5.82 Å². The van der Waals surface area contributed by atoms with Crippen molar-refractivity contribution in [3.05, 3.63) is 5.02 Å². The molecule has 0 saturated heterocycles. The SMILES string of the molecule is CCOc1c(Cl)c(N)nn1C. The maximum absolute atomic E-state index is 5.76. The van der Waals surface area contributed by atoms with Crippen molar-refractivity contribution >= 4 is 17.4 Å². The molecule has 0 atom stereocenters. The lowest BCUT2D eigenvalue weighted by atomic mass is 10.6. The van der Waals surface area contributed by atoms with E-state index in [2.05, 4.69) is 5.10 Å². The molecule has 2 N–H and O–H groups in total. The highest BCUT2D eigenvalue weighted by atomic mass is 35.5. The lowest BCUT2D eigenvalue weighted by Gasteiger charge is -2.01. The number of aromatic nitrogens is 2. The zero-order valence-electron chi connectivity index (χ0n) is 6.47. The van der Waals surface area contributed by atoms with Gasteiger partial charge >= 0.3 is 0 Å². The molecule has 0 aliphatic rings. The standard InChI is InChI=1S/C6H10ClN3O/c1-3-11-6-4(7)5(8)9-10(6)2/h3H2,1-2H3,(H2,8,9). The average Bonchev–Trinajstić information content (AvgIpc) is 2.17. The first-order valence-corrected chi connectivity index (χ1v) is 3.65. The van der Waals surface area contributed by atoms with Crippen LogP contribution in [-0.2, 0) is 7.05 Å². The van der Waals surface area contributed by atoms with Gasteiger partial charge in [0.1, 0.15) is 5.02 Å². The molecule has 0 unspecified atom stereocenters. The van der Waals surface area contributed by atoms with Gasteiger partial charge in [-0.05, 0) is 6.92 Å². The Morgan fingerprint density at radius 2 is 2.36 bits per heavy atom. The molecule has 62 valence electrons. The smallest absolute Gasteiger partial charge is 0.233 e. The molecule has 1 aromatic heterocycles. The van der Waals surface area contributed by atoms with E-state index in [4.69, 9.17) is 22.1 Å². The van der Waals surface area contributed by atoms with Crippen molar-refractivity contribution < 1.29 is 4.74 Å². The van der Waals surface area contributed by atoms with Gasteiger partial charge in [-0.2, -0.15) is 5.10 Å². The van der Waals surface area contributed by atoms with Crippen molar-refractivity contribution in [2.24, 2.45) is 7.05 Å². The third-order valence-electron chi connectivity index (χ3n) is 1.25. The molecular formula is C6H10ClN3O. The normalized spacial score (nSPS) is 10.1. The molecule has 0 radical (unpaired) electrons. The number of nitrogens with two attached hydrogens (primary N) is 1. The summed E-state index contributed by atoms with van der Waals surface area (Å²) in [5.74, 6) is 0.823. The predicted molar refractivity (Wildman–Crippen MR) is 43.8 cm³/mol. The van der Waals surface area contributed by atoms with Crippen molar-refractivity contribution in [3.8, 4) is 5.88 Å². The van der Waals surface area contributed by atoms with E-state index in [-0.39, 0.29) is 0 Å². The molecule has 1 rings (SSSR count). The quantitative estimate of drug-likeness (QED) is 0.731. The van der Waals surface area contributed by atoms with E-state index in [0.29, 0.717) is 23.3 Å². The first kappa shape index (κ1) is 8.20. The Morgan fingerprint density at radius 3 is 2.73 bits per heavy atom. The van der Waals surface area contributed by atoms with Crippen LogP contribution in [0.4, 0.5) is 5.82 Å². The molecule has 1 aromatic rings. The Balaban J connectivity index is 3.02. The highest BCUT2D eigenvalue weighted by Crippen LogP contribution is 2.28. The maximum atomic E-state index is 5.76. The van der Waals surface area contributed by atoms with Crippen LogP contribution in [0.15, 0.2) is 0 Å². The van der Waals surface area contributed by atoms with Crippen molar-refractivity contribution in [3.63, 3.8) is 0 Å². The molecule has 0 spiro atoms. The Labute approximate surface area is 69.9 Å². The molecule has 1 heterocycles. The van der Waals surface area contributed by atoms with Gasteiger partial charge in [0.05, 0.1) is 6.61 Å². The summed E-state index contributed by atoms with van der Waals surface area (Å²) in [6.45, 7) is 2.43. The summed E-state index contributed by atoms with van der Waals surface area (Å²) in [4.78, 5) is 0. The molecule has 0 amide bonds. The Morgan fingerprint density at radius 1 is 1.73 bits per heavy atom. The molecule has 0 bridgehead atoms. The summed E-state index contributed by atoms with van der Waals surface area (Å²) in [6, 6.07) is 0. The number of nitrogens with zero attached hydrogens (tertiary/aromatic N) is 2. The molecule has 11 heavy (non-hydrogen) atoms. The van der Waals surface area contributed by atoms with Gasteiger partial charge in [0.2, 0.25) is 5.88 Å². The summed E-state index contributed by atoms with van der Waals surface area (Å²) in [6.07, 6.45) is 0. The average molecular weight is 176 g/mol. The van der Waals surface area contributed by atoms with Gasteiger partial charge in [-0.25, -0.2) is 4.68 Å². The first-order chi connectivity index (χ1) is 5.16. The number of nitrogen functional groups attached to an aromatic ring is 1. The van der Waals surface area contributed by atoms with E-state index in [0.717, 1.165) is 0 Å². The summed E-state index contributed by atoms with van der Waals surface area (Å²) in [5, 5.41) is 4.25. The maximum Gasteiger partial charge on any atom is 0.233 e. The molecule has 0 aromatic carbocycles. The molecular weight excluding hydrogens is 166 g/mol. The summed E-state index contributed by atoms with van der Waals surface area (Å²) < 4.78 is 6.69. The topological polar surface area (TPSA) is 53.1 Å². The third kappa shape index (κ3) is 1.40. The van der Waals surface area contributed by atoms with Gasteiger partial charge < -0.3 is 10.5 Å². The number of halogens is 1. The fourth-order valence-electron chi connectivity index (χ4n) is 0.796. The number of anilines is 1. The van der Waals surface area contributed by atoms with Gasteiger partial charge in [0, 0.05) is 7.05 Å². The minimum Gasteiger partial charge on any atom is -0.477 e. The van der Waals surface area contributed by atoms with Crippen LogP contribution in [0.5, 0.6) is 5.88 Å².